The van der Waals surface area contributed by atoms with Crippen LogP contribution in [0.15, 0.2) is 73.1 Å². The number of halogens is 1. The number of hydrogen-bond donors (Lipinski definition) is 0. The molecule has 1 aromatic heterocycles. The van der Waals surface area contributed by atoms with Crippen LogP contribution in [-0.4, -0.2) is 25.0 Å². The molecule has 0 saturated carbocycles. The number of carbonyl (C=O) groups excluding carboxylic acids is 1. The maximum atomic E-state index is 13.2. The highest BCUT2D eigenvalue weighted by molar-refractivity contribution is 7.52. The third kappa shape index (κ3) is 6.28. The molecule has 2 aromatic carbocycles. The molecule has 5 nitrogen and oxygen atoms in total. The molecule has 0 radical (unpaired) electrons. The van der Waals surface area contributed by atoms with Crippen molar-refractivity contribution in [2.24, 2.45) is 0 Å². The first-order valence-electron chi connectivity index (χ1n) is 9.61. The van der Waals surface area contributed by atoms with E-state index in [2.05, 4.69) is 4.98 Å². The average Bonchev–Trinajstić information content (AvgIpc) is 2.80. The van der Waals surface area contributed by atoms with Crippen molar-refractivity contribution in [1.82, 2.24) is 4.98 Å². The highest BCUT2D eigenvalue weighted by atomic mass is 31.2. The van der Waals surface area contributed by atoms with E-state index in [1.807, 2.05) is 30.3 Å². The van der Waals surface area contributed by atoms with E-state index in [-0.39, 0.29) is 24.2 Å². The fourth-order valence-corrected chi connectivity index (χ4v) is 4.13. The van der Waals surface area contributed by atoms with Gasteiger partial charge in [-0.1, -0.05) is 36.4 Å². The lowest BCUT2D eigenvalue weighted by molar-refractivity contribution is -0.113. The Bertz CT molecular complexity index is 1100. The number of allylic oxidation sites excluding steroid dienone is 1. The summed E-state index contributed by atoms with van der Waals surface area (Å²) in [7, 11) is -0.419. The maximum Gasteiger partial charge on any atom is 0.334 e. The number of ketones is 1. The van der Waals surface area contributed by atoms with E-state index in [9.17, 15) is 13.8 Å². The first kappa shape index (κ1) is 22.8. The van der Waals surface area contributed by atoms with Crippen molar-refractivity contribution in [1.29, 1.82) is 0 Å². The fraction of sp³-hybridized carbons (Fsp3) is 0.167. The molecule has 0 bridgehead atoms. The molecule has 0 N–H and O–H groups in total. The lowest BCUT2D eigenvalue weighted by atomic mass is 10.0. The van der Waals surface area contributed by atoms with Gasteiger partial charge in [-0.25, -0.2) is 4.39 Å². The molecule has 0 saturated heterocycles. The molecule has 0 aliphatic rings. The van der Waals surface area contributed by atoms with Gasteiger partial charge in [-0.15, -0.1) is 0 Å². The molecule has 3 aromatic rings. The van der Waals surface area contributed by atoms with E-state index in [0.29, 0.717) is 0 Å². The normalized spacial score (nSPS) is 11.7. The Balaban J connectivity index is 1.68. The summed E-state index contributed by atoms with van der Waals surface area (Å²) < 4.78 is 35.3. The van der Waals surface area contributed by atoms with Gasteiger partial charge in [-0.05, 0) is 52.6 Å². The van der Waals surface area contributed by atoms with Gasteiger partial charge in [-0.2, -0.15) is 0 Å². The standard InChI is InChI=1S/C24H23FNO4P/c1-29-31(28,30-2)17-19-5-3-18(4-6-19)15-23(27)12-9-21-16-26-14-13-24(21)20-7-10-22(25)11-8-20/h3-14,16H,15,17H2,1-2H3/b12-9+. The van der Waals surface area contributed by atoms with Crippen LogP contribution < -0.4 is 0 Å². The van der Waals surface area contributed by atoms with Crippen LogP contribution >= 0.6 is 7.60 Å². The van der Waals surface area contributed by atoms with Crippen LogP contribution in [0.3, 0.4) is 0 Å². The molecule has 1 heterocycles. The van der Waals surface area contributed by atoms with Gasteiger partial charge in [-0.3, -0.25) is 14.3 Å². The molecule has 7 heteroatoms. The average molecular weight is 439 g/mol. The van der Waals surface area contributed by atoms with E-state index < -0.39 is 7.60 Å². The maximum absolute atomic E-state index is 13.2. The summed E-state index contributed by atoms with van der Waals surface area (Å²) in [5, 5.41) is 0. The Morgan fingerprint density at radius 1 is 1.00 bits per heavy atom. The zero-order valence-electron chi connectivity index (χ0n) is 17.3. The summed E-state index contributed by atoms with van der Waals surface area (Å²) in [4.78, 5) is 16.6. The van der Waals surface area contributed by atoms with Gasteiger partial charge in [0.1, 0.15) is 5.82 Å². The summed E-state index contributed by atoms with van der Waals surface area (Å²) in [5.41, 5.74) is 4.12. The number of aromatic nitrogens is 1. The second-order valence-corrected chi connectivity index (χ2v) is 9.17. The molecule has 0 aliphatic carbocycles. The van der Waals surface area contributed by atoms with Crippen LogP contribution in [-0.2, 0) is 31.0 Å². The second kappa shape index (κ2) is 10.4. The SMILES string of the molecule is COP(=O)(Cc1ccc(CC(=O)/C=C/c2cnccc2-c2ccc(F)cc2)cc1)OC. The van der Waals surface area contributed by atoms with E-state index in [0.717, 1.165) is 27.8 Å². The molecule has 0 unspecified atom stereocenters. The largest absolute Gasteiger partial charge is 0.334 e. The summed E-state index contributed by atoms with van der Waals surface area (Å²) in [6.45, 7) is 0. The molecule has 0 fully saturated rings. The first-order chi connectivity index (χ1) is 14.9. The number of carbonyl (C=O) groups is 1. The minimum atomic E-state index is -3.13. The summed E-state index contributed by atoms with van der Waals surface area (Å²) >= 11 is 0. The minimum Gasteiger partial charge on any atom is -0.312 e. The lowest BCUT2D eigenvalue weighted by Gasteiger charge is -2.13. The minimum absolute atomic E-state index is 0.0684. The van der Waals surface area contributed by atoms with Crippen LogP contribution in [0.5, 0.6) is 0 Å². The quantitative estimate of drug-likeness (QED) is 0.316. The van der Waals surface area contributed by atoms with E-state index >= 15 is 0 Å². The fourth-order valence-electron chi connectivity index (χ4n) is 3.06. The Morgan fingerprint density at radius 2 is 1.65 bits per heavy atom. The van der Waals surface area contributed by atoms with E-state index in [1.54, 1.807) is 30.6 Å². The lowest BCUT2D eigenvalue weighted by Crippen LogP contribution is -1.99. The molecular weight excluding hydrogens is 416 g/mol. The van der Waals surface area contributed by atoms with Gasteiger partial charge in [0.05, 0.1) is 6.16 Å². The topological polar surface area (TPSA) is 65.5 Å². The van der Waals surface area contributed by atoms with Crippen molar-refractivity contribution in [2.75, 3.05) is 14.2 Å². The number of benzene rings is 2. The molecular formula is C24H23FNO4P. The van der Waals surface area contributed by atoms with Crippen molar-refractivity contribution in [3.8, 4) is 11.1 Å². The number of hydrogen-bond acceptors (Lipinski definition) is 5. The predicted octanol–water partition coefficient (Wildman–Crippen LogP) is 5.70. The third-order valence-electron chi connectivity index (χ3n) is 4.79. The van der Waals surface area contributed by atoms with E-state index in [4.69, 9.17) is 9.05 Å². The van der Waals surface area contributed by atoms with Gasteiger partial charge >= 0.3 is 7.60 Å². The predicted molar refractivity (Wildman–Crippen MR) is 119 cm³/mol. The number of nitrogens with zero attached hydrogens (tertiary/aromatic N) is 1. The van der Waals surface area contributed by atoms with Gasteiger partial charge in [0, 0.05) is 38.6 Å². The summed E-state index contributed by atoms with van der Waals surface area (Å²) in [5.74, 6) is -0.371. The van der Waals surface area contributed by atoms with Crippen LogP contribution in [0.25, 0.3) is 17.2 Å². The van der Waals surface area contributed by atoms with E-state index in [1.165, 1.54) is 32.4 Å². The molecule has 0 spiro atoms. The number of rotatable bonds is 9. The summed E-state index contributed by atoms with van der Waals surface area (Å²) in [6.07, 6.45) is 6.96. The van der Waals surface area contributed by atoms with Crippen molar-refractivity contribution >= 4 is 19.5 Å². The highest BCUT2D eigenvalue weighted by Gasteiger charge is 2.21. The van der Waals surface area contributed by atoms with Crippen LogP contribution in [0.1, 0.15) is 16.7 Å². The van der Waals surface area contributed by atoms with Gasteiger partial charge in [0.15, 0.2) is 5.78 Å². The van der Waals surface area contributed by atoms with Crippen LogP contribution in [0.4, 0.5) is 4.39 Å². The van der Waals surface area contributed by atoms with Crippen LogP contribution in [0.2, 0.25) is 0 Å². The highest BCUT2D eigenvalue weighted by Crippen LogP contribution is 2.49. The van der Waals surface area contributed by atoms with Crippen LogP contribution in [0, 0.1) is 5.82 Å². The molecule has 31 heavy (non-hydrogen) atoms. The Hall–Kier alpha value is -2.92. The van der Waals surface area contributed by atoms with Gasteiger partial charge in [0.2, 0.25) is 0 Å². The molecule has 0 aliphatic heterocycles. The smallest absolute Gasteiger partial charge is 0.312 e. The van der Waals surface area contributed by atoms with Crippen molar-refractivity contribution in [3.63, 3.8) is 0 Å². The second-order valence-electron chi connectivity index (χ2n) is 6.90. The van der Waals surface area contributed by atoms with Gasteiger partial charge in [0.25, 0.3) is 0 Å². The first-order valence-corrected chi connectivity index (χ1v) is 11.3. The molecule has 3 rings (SSSR count). The monoisotopic (exact) mass is 439 g/mol. The Kier molecular flexibility index (Phi) is 7.64. The summed E-state index contributed by atoms with van der Waals surface area (Å²) in [6, 6.07) is 15.3. The zero-order valence-corrected chi connectivity index (χ0v) is 18.2. The van der Waals surface area contributed by atoms with Crippen molar-refractivity contribution in [2.45, 2.75) is 12.6 Å². The number of pyridine rings is 1. The molecule has 160 valence electrons. The Labute approximate surface area is 181 Å². The third-order valence-corrected chi connectivity index (χ3v) is 6.65. The zero-order chi connectivity index (χ0) is 22.3. The van der Waals surface area contributed by atoms with Gasteiger partial charge < -0.3 is 9.05 Å². The Morgan fingerprint density at radius 3 is 2.29 bits per heavy atom. The molecule has 0 amide bonds. The molecule has 0 atom stereocenters. The van der Waals surface area contributed by atoms with Crippen molar-refractivity contribution in [3.05, 3.63) is 95.6 Å². The van der Waals surface area contributed by atoms with Crippen molar-refractivity contribution < 1.29 is 22.8 Å².